The van der Waals surface area contributed by atoms with E-state index in [1.54, 1.807) is 12.1 Å². The molecular formula is C19H25ClO12. The van der Waals surface area contributed by atoms with Crippen molar-refractivity contribution in [2.45, 2.75) is 54.8 Å². The van der Waals surface area contributed by atoms with E-state index in [0.717, 1.165) is 0 Å². The lowest BCUT2D eigenvalue weighted by Gasteiger charge is -2.43. The fourth-order valence-corrected chi connectivity index (χ4v) is 3.69. The summed E-state index contributed by atoms with van der Waals surface area (Å²) in [6.07, 6.45) is -13.4. The Hall–Kier alpha value is -1.42. The maximum absolute atomic E-state index is 12.2. The lowest BCUT2D eigenvalue weighted by atomic mass is 9.99. The van der Waals surface area contributed by atoms with E-state index in [-0.39, 0.29) is 10.6 Å². The van der Waals surface area contributed by atoms with Crippen LogP contribution in [0, 0.1) is 0 Å². The number of carbonyl (C=O) groups excluding carboxylic acids is 1. The summed E-state index contributed by atoms with van der Waals surface area (Å²) in [5, 5.41) is 69.9. The van der Waals surface area contributed by atoms with Crippen LogP contribution in [0.4, 0.5) is 0 Å². The van der Waals surface area contributed by atoms with Crippen LogP contribution >= 0.6 is 11.6 Å². The van der Waals surface area contributed by atoms with Crippen molar-refractivity contribution in [3.8, 4) is 0 Å². The molecule has 2 saturated heterocycles. The van der Waals surface area contributed by atoms with E-state index in [1.165, 1.54) is 12.1 Å². The van der Waals surface area contributed by atoms with Crippen LogP contribution in [0.2, 0.25) is 5.02 Å². The second kappa shape index (κ2) is 10.2. The predicted molar refractivity (Wildman–Crippen MR) is 103 cm³/mol. The maximum atomic E-state index is 12.2. The van der Waals surface area contributed by atoms with Crippen molar-refractivity contribution in [1.82, 2.24) is 0 Å². The Bertz CT molecular complexity index is 795. The van der Waals surface area contributed by atoms with Crippen LogP contribution in [0.25, 0.3) is 0 Å². The summed E-state index contributed by atoms with van der Waals surface area (Å²) in [7, 11) is 0. The minimum absolute atomic E-state index is 0.0543. The first-order valence-electron chi connectivity index (χ1n) is 9.70. The van der Waals surface area contributed by atoms with E-state index in [4.69, 9.17) is 30.5 Å². The summed E-state index contributed by atoms with van der Waals surface area (Å²) in [6.45, 7) is -2.30. The molecule has 0 bridgehead atoms. The van der Waals surface area contributed by atoms with Crippen molar-refractivity contribution < 1.29 is 59.5 Å². The fraction of sp³-hybridized carbons (Fsp3) is 0.632. The highest BCUT2D eigenvalue weighted by molar-refractivity contribution is 6.33. The number of halogens is 1. The summed E-state index contributed by atoms with van der Waals surface area (Å²) >= 11 is 5.94. The summed E-state index contributed by atoms with van der Waals surface area (Å²) in [6, 6.07) is 6.07. The van der Waals surface area contributed by atoms with Gasteiger partial charge in [-0.1, -0.05) is 23.7 Å². The molecule has 2 fully saturated rings. The van der Waals surface area contributed by atoms with Gasteiger partial charge in [0.2, 0.25) is 5.79 Å². The van der Waals surface area contributed by atoms with Gasteiger partial charge in [-0.2, -0.15) is 0 Å². The highest BCUT2D eigenvalue weighted by Gasteiger charge is 2.58. The predicted octanol–water partition coefficient (Wildman–Crippen LogP) is -2.88. The molecule has 12 nitrogen and oxygen atoms in total. The lowest BCUT2D eigenvalue weighted by molar-refractivity contribution is -0.383. The number of esters is 1. The number of benzene rings is 1. The van der Waals surface area contributed by atoms with Crippen molar-refractivity contribution in [1.29, 1.82) is 0 Å². The van der Waals surface area contributed by atoms with Crippen LogP contribution in [-0.4, -0.2) is 116 Å². The molecule has 32 heavy (non-hydrogen) atoms. The molecule has 0 amide bonds. The molecule has 2 aliphatic heterocycles. The molecule has 7 N–H and O–H groups in total. The van der Waals surface area contributed by atoms with Gasteiger partial charge in [0.25, 0.3) is 0 Å². The number of hydrogen-bond donors (Lipinski definition) is 7. The standard InChI is InChI=1S/C19H25ClO12/c20-9-4-2-1-3-8(9)17(28)29-6-11-12(23)14(25)15(26)18(30-11)32-19(7-22)16(27)13(24)10(5-21)31-19/h1-4,10-16,18,21-27H,5-7H2/t10-,11-,12-,13-,14+,15-,16+,18-,19-/m1/s1. The summed E-state index contributed by atoms with van der Waals surface area (Å²) in [4.78, 5) is 12.2. The lowest BCUT2D eigenvalue weighted by Crippen LogP contribution is -2.62. The number of carbonyl (C=O) groups is 1. The van der Waals surface area contributed by atoms with Crippen molar-refractivity contribution in [3.63, 3.8) is 0 Å². The molecular weight excluding hydrogens is 456 g/mol. The molecule has 9 atom stereocenters. The molecule has 3 rings (SSSR count). The number of rotatable bonds is 7. The number of aliphatic hydroxyl groups is 7. The minimum Gasteiger partial charge on any atom is -0.459 e. The van der Waals surface area contributed by atoms with E-state index in [1.807, 2.05) is 0 Å². The first-order chi connectivity index (χ1) is 15.1. The third kappa shape index (κ3) is 4.76. The summed E-state index contributed by atoms with van der Waals surface area (Å²) < 4.78 is 21.1. The second-order valence-electron chi connectivity index (χ2n) is 7.46. The SMILES string of the molecule is O=C(OC[C@H]1O[C@H](O[C@@]2(CO)O[C@H](CO)[C@@H](O)[C@@H]2O)[C@H](O)[C@@H](O)[C@@H]1O)c1ccccc1Cl. The molecule has 0 aliphatic carbocycles. The van der Waals surface area contributed by atoms with E-state index >= 15 is 0 Å². The Morgan fingerprint density at radius 3 is 2.28 bits per heavy atom. The Balaban J connectivity index is 1.71. The molecule has 0 unspecified atom stereocenters. The van der Waals surface area contributed by atoms with E-state index in [9.17, 15) is 40.5 Å². The molecule has 0 radical (unpaired) electrons. The van der Waals surface area contributed by atoms with Gasteiger partial charge in [-0.3, -0.25) is 0 Å². The second-order valence-corrected chi connectivity index (χ2v) is 7.86. The third-order valence-electron chi connectivity index (χ3n) is 5.36. The zero-order valence-electron chi connectivity index (χ0n) is 16.6. The largest absolute Gasteiger partial charge is 0.459 e. The Labute approximate surface area is 187 Å². The Kier molecular flexibility index (Phi) is 8.06. The number of ether oxygens (including phenoxy) is 4. The minimum atomic E-state index is -2.31. The van der Waals surface area contributed by atoms with Gasteiger partial charge in [0, 0.05) is 0 Å². The van der Waals surface area contributed by atoms with Gasteiger partial charge in [0.1, 0.15) is 55.9 Å². The van der Waals surface area contributed by atoms with E-state index < -0.39 is 80.6 Å². The molecule has 2 aliphatic rings. The molecule has 180 valence electrons. The zero-order chi connectivity index (χ0) is 23.6. The summed E-state index contributed by atoms with van der Waals surface area (Å²) in [5.41, 5.74) is 0.0543. The average Bonchev–Trinajstić information content (AvgIpc) is 3.03. The zero-order valence-corrected chi connectivity index (χ0v) is 17.4. The molecule has 1 aromatic carbocycles. The van der Waals surface area contributed by atoms with Gasteiger partial charge in [0.05, 0.1) is 17.2 Å². The number of aliphatic hydroxyl groups excluding tert-OH is 7. The Morgan fingerprint density at radius 2 is 1.69 bits per heavy atom. The van der Waals surface area contributed by atoms with Crippen LogP contribution in [0.15, 0.2) is 24.3 Å². The van der Waals surface area contributed by atoms with Crippen molar-refractivity contribution >= 4 is 17.6 Å². The van der Waals surface area contributed by atoms with Gasteiger partial charge in [-0.25, -0.2) is 4.79 Å². The van der Waals surface area contributed by atoms with Crippen LogP contribution < -0.4 is 0 Å². The van der Waals surface area contributed by atoms with Gasteiger partial charge in [-0.15, -0.1) is 0 Å². The molecule has 0 spiro atoms. The van der Waals surface area contributed by atoms with E-state index in [0.29, 0.717) is 0 Å². The average molecular weight is 481 g/mol. The molecule has 0 aromatic heterocycles. The Morgan fingerprint density at radius 1 is 1.00 bits per heavy atom. The van der Waals surface area contributed by atoms with Gasteiger partial charge >= 0.3 is 5.97 Å². The van der Waals surface area contributed by atoms with Gasteiger partial charge in [0.15, 0.2) is 6.29 Å². The van der Waals surface area contributed by atoms with Crippen molar-refractivity contribution in [2.24, 2.45) is 0 Å². The molecule has 0 saturated carbocycles. The summed E-state index contributed by atoms with van der Waals surface area (Å²) in [5.74, 6) is -3.14. The maximum Gasteiger partial charge on any atom is 0.339 e. The number of hydrogen-bond acceptors (Lipinski definition) is 12. The van der Waals surface area contributed by atoms with Crippen LogP contribution in [0.3, 0.4) is 0 Å². The smallest absolute Gasteiger partial charge is 0.339 e. The first-order valence-corrected chi connectivity index (χ1v) is 10.1. The molecule has 1 aromatic rings. The normalized spacial score (nSPS) is 39.8. The van der Waals surface area contributed by atoms with Crippen LogP contribution in [0.1, 0.15) is 10.4 Å². The molecule has 2 heterocycles. The van der Waals surface area contributed by atoms with E-state index in [2.05, 4.69) is 0 Å². The van der Waals surface area contributed by atoms with Gasteiger partial charge < -0.3 is 54.7 Å². The van der Waals surface area contributed by atoms with Crippen LogP contribution in [-0.2, 0) is 18.9 Å². The third-order valence-corrected chi connectivity index (χ3v) is 5.69. The first kappa shape index (κ1) is 25.2. The highest BCUT2D eigenvalue weighted by atomic mass is 35.5. The van der Waals surface area contributed by atoms with Crippen molar-refractivity contribution in [3.05, 3.63) is 34.9 Å². The van der Waals surface area contributed by atoms with Gasteiger partial charge in [-0.05, 0) is 12.1 Å². The van der Waals surface area contributed by atoms with Crippen LogP contribution in [0.5, 0.6) is 0 Å². The van der Waals surface area contributed by atoms with Crippen molar-refractivity contribution in [2.75, 3.05) is 19.8 Å². The topological polar surface area (TPSA) is 196 Å². The highest BCUT2D eigenvalue weighted by Crippen LogP contribution is 2.36. The monoisotopic (exact) mass is 480 g/mol. The molecule has 13 heteroatoms. The quantitative estimate of drug-likeness (QED) is 0.197. The fourth-order valence-electron chi connectivity index (χ4n) is 3.48.